The lowest BCUT2D eigenvalue weighted by Crippen LogP contribution is -2.35. The van der Waals surface area contributed by atoms with Gasteiger partial charge in [0.1, 0.15) is 5.82 Å². The van der Waals surface area contributed by atoms with E-state index < -0.39 is 0 Å². The number of rotatable bonds is 6. The molecule has 1 saturated heterocycles. The molecule has 1 aliphatic heterocycles. The summed E-state index contributed by atoms with van der Waals surface area (Å²) in [7, 11) is 0. The first-order valence-electron chi connectivity index (χ1n) is 8.18. The third-order valence-corrected chi connectivity index (χ3v) is 4.89. The fourth-order valence-corrected chi connectivity index (χ4v) is 3.42. The third-order valence-electron chi connectivity index (χ3n) is 3.91. The van der Waals surface area contributed by atoms with E-state index in [0.29, 0.717) is 31.1 Å². The van der Waals surface area contributed by atoms with Gasteiger partial charge in [-0.05, 0) is 31.0 Å². The van der Waals surface area contributed by atoms with Crippen molar-refractivity contribution >= 4 is 34.4 Å². The zero-order chi connectivity index (χ0) is 19.8. The highest BCUT2D eigenvalue weighted by molar-refractivity contribution is 7.14. The SMILES string of the molecule is Cc1csc(N2CCN(CC(=O)CCc3ccc(F)cc3)C2=O)n1.O=C=O. The molecule has 1 aliphatic rings. The summed E-state index contributed by atoms with van der Waals surface area (Å²) < 4.78 is 12.9. The quantitative estimate of drug-likeness (QED) is 0.755. The number of hydrogen-bond acceptors (Lipinski definition) is 6. The molecule has 2 aromatic rings. The fourth-order valence-electron chi connectivity index (χ4n) is 2.60. The van der Waals surface area contributed by atoms with Crippen LogP contribution < -0.4 is 4.90 Å². The Morgan fingerprint density at radius 1 is 1.26 bits per heavy atom. The van der Waals surface area contributed by atoms with Crippen molar-refractivity contribution in [2.45, 2.75) is 19.8 Å². The molecular formula is C18H18FN3O4S. The zero-order valence-electron chi connectivity index (χ0n) is 14.7. The number of aromatic nitrogens is 1. The van der Waals surface area contributed by atoms with Gasteiger partial charge in [0.25, 0.3) is 0 Å². The standard InChI is InChI=1S/C17H18FN3O2S.CO2/c1-12-11-24-16(19-12)21-9-8-20(17(21)23)10-15(22)7-4-13-2-5-14(18)6-3-13;2-1-3/h2-3,5-6,11H,4,7-10H2,1H3;. The van der Waals surface area contributed by atoms with Crippen LogP contribution in [0, 0.1) is 12.7 Å². The summed E-state index contributed by atoms with van der Waals surface area (Å²) in [6, 6.07) is 5.96. The summed E-state index contributed by atoms with van der Waals surface area (Å²) in [4.78, 5) is 48.3. The summed E-state index contributed by atoms with van der Waals surface area (Å²) in [5.41, 5.74) is 1.80. The van der Waals surface area contributed by atoms with Gasteiger partial charge in [0, 0.05) is 24.9 Å². The number of nitrogens with zero attached hydrogens (tertiary/aromatic N) is 3. The number of thiazole rings is 1. The van der Waals surface area contributed by atoms with Gasteiger partial charge in [0.05, 0.1) is 12.2 Å². The molecule has 9 heteroatoms. The average Bonchev–Trinajstić information content (AvgIpc) is 3.21. The smallest absolute Gasteiger partial charge is 0.315 e. The fraction of sp³-hybridized carbons (Fsp3) is 0.333. The maximum atomic E-state index is 12.9. The number of ketones is 1. The Labute approximate surface area is 159 Å². The first kappa shape index (κ1) is 20.4. The number of hydrogen-bond donors (Lipinski definition) is 0. The van der Waals surface area contributed by atoms with Gasteiger partial charge in [0.2, 0.25) is 0 Å². The van der Waals surface area contributed by atoms with Crippen LogP contribution >= 0.6 is 11.3 Å². The molecule has 0 aliphatic carbocycles. The molecule has 0 radical (unpaired) electrons. The minimum atomic E-state index is -0.287. The van der Waals surface area contributed by atoms with Crippen LogP contribution in [0.3, 0.4) is 0 Å². The second-order valence-electron chi connectivity index (χ2n) is 5.88. The number of amides is 2. The first-order valence-corrected chi connectivity index (χ1v) is 9.06. The van der Waals surface area contributed by atoms with Gasteiger partial charge < -0.3 is 4.90 Å². The molecule has 0 spiro atoms. The molecule has 0 unspecified atom stereocenters. The normalized spacial score (nSPS) is 13.2. The Balaban J connectivity index is 0.000000817. The summed E-state index contributed by atoms with van der Waals surface area (Å²) in [5.74, 6) is -0.282. The Morgan fingerprint density at radius 3 is 2.52 bits per heavy atom. The van der Waals surface area contributed by atoms with Gasteiger partial charge in [-0.25, -0.2) is 14.2 Å². The van der Waals surface area contributed by atoms with Gasteiger partial charge in [-0.15, -0.1) is 11.3 Å². The Morgan fingerprint density at radius 2 is 1.93 bits per heavy atom. The molecule has 0 saturated carbocycles. The van der Waals surface area contributed by atoms with E-state index in [1.54, 1.807) is 21.9 Å². The van der Waals surface area contributed by atoms with Crippen molar-refractivity contribution in [3.05, 3.63) is 46.7 Å². The van der Waals surface area contributed by atoms with Crippen LogP contribution in [0.25, 0.3) is 0 Å². The maximum absolute atomic E-state index is 12.9. The molecule has 1 aromatic heterocycles. The van der Waals surface area contributed by atoms with Crippen molar-refractivity contribution < 1.29 is 23.6 Å². The van der Waals surface area contributed by atoms with E-state index in [9.17, 15) is 14.0 Å². The van der Waals surface area contributed by atoms with Gasteiger partial charge in [-0.1, -0.05) is 12.1 Å². The predicted molar refractivity (Wildman–Crippen MR) is 95.9 cm³/mol. The number of halogens is 1. The minimum absolute atomic E-state index is 0.00449. The van der Waals surface area contributed by atoms with Crippen LogP contribution in [0.15, 0.2) is 29.6 Å². The van der Waals surface area contributed by atoms with Gasteiger partial charge >= 0.3 is 12.2 Å². The Bertz CT molecular complexity index is 831. The third kappa shape index (κ3) is 5.80. The van der Waals surface area contributed by atoms with Gasteiger partial charge in [-0.3, -0.25) is 9.69 Å². The summed E-state index contributed by atoms with van der Waals surface area (Å²) >= 11 is 1.43. The van der Waals surface area contributed by atoms with Gasteiger partial charge in [-0.2, -0.15) is 9.59 Å². The van der Waals surface area contributed by atoms with Crippen molar-refractivity contribution in [1.82, 2.24) is 9.88 Å². The zero-order valence-corrected chi connectivity index (χ0v) is 15.5. The van der Waals surface area contributed by atoms with Gasteiger partial charge in [0.15, 0.2) is 10.9 Å². The lowest BCUT2D eigenvalue weighted by Gasteiger charge is -2.16. The van der Waals surface area contributed by atoms with Crippen molar-refractivity contribution in [2.24, 2.45) is 0 Å². The van der Waals surface area contributed by atoms with Crippen LogP contribution in [0.5, 0.6) is 0 Å². The molecule has 7 nitrogen and oxygen atoms in total. The summed E-state index contributed by atoms with van der Waals surface area (Å²) in [6.45, 7) is 3.08. The highest BCUT2D eigenvalue weighted by atomic mass is 32.1. The maximum Gasteiger partial charge on any atom is 0.373 e. The molecule has 2 amide bonds. The highest BCUT2D eigenvalue weighted by Crippen LogP contribution is 2.24. The van der Waals surface area contributed by atoms with E-state index in [4.69, 9.17) is 9.59 Å². The van der Waals surface area contributed by atoms with Crippen LogP contribution in [-0.2, 0) is 20.8 Å². The van der Waals surface area contributed by atoms with E-state index in [1.165, 1.54) is 23.5 Å². The number of urea groups is 1. The lowest BCUT2D eigenvalue weighted by molar-refractivity contribution is -0.191. The van der Waals surface area contributed by atoms with Crippen LogP contribution in [0.2, 0.25) is 0 Å². The van der Waals surface area contributed by atoms with E-state index in [0.717, 1.165) is 11.3 Å². The molecule has 0 N–H and O–H groups in total. The number of Topliss-reactive ketones (excluding diaryl/α,β-unsaturated/α-hetero) is 1. The molecular weight excluding hydrogens is 373 g/mol. The van der Waals surface area contributed by atoms with Crippen LogP contribution in [0.1, 0.15) is 17.7 Å². The summed E-state index contributed by atoms with van der Waals surface area (Å²) in [5, 5.41) is 2.58. The number of carbonyl (C=O) groups excluding carboxylic acids is 4. The van der Waals surface area contributed by atoms with Crippen LogP contribution in [0.4, 0.5) is 14.3 Å². The molecule has 0 bridgehead atoms. The lowest BCUT2D eigenvalue weighted by atomic mass is 10.1. The van der Waals surface area contributed by atoms with Crippen LogP contribution in [-0.4, -0.2) is 47.5 Å². The van der Waals surface area contributed by atoms with Crippen molar-refractivity contribution in [1.29, 1.82) is 0 Å². The number of benzene rings is 1. The number of aryl methyl sites for hydroxylation is 2. The molecule has 0 atom stereocenters. The molecule has 2 heterocycles. The monoisotopic (exact) mass is 391 g/mol. The largest absolute Gasteiger partial charge is 0.373 e. The van der Waals surface area contributed by atoms with E-state index >= 15 is 0 Å². The first-order chi connectivity index (χ1) is 12.9. The Hall–Kier alpha value is -2.90. The summed E-state index contributed by atoms with van der Waals surface area (Å²) in [6.07, 6.45) is 1.14. The Kier molecular flexibility index (Phi) is 7.34. The highest BCUT2D eigenvalue weighted by Gasteiger charge is 2.32. The van der Waals surface area contributed by atoms with Crippen molar-refractivity contribution in [3.8, 4) is 0 Å². The molecule has 142 valence electrons. The molecule has 1 aromatic carbocycles. The minimum Gasteiger partial charge on any atom is -0.315 e. The second kappa shape index (κ2) is 9.70. The van der Waals surface area contributed by atoms with E-state index in [2.05, 4.69) is 4.98 Å². The van der Waals surface area contributed by atoms with E-state index in [1.807, 2.05) is 12.3 Å². The van der Waals surface area contributed by atoms with E-state index in [-0.39, 0.29) is 30.3 Å². The van der Waals surface area contributed by atoms with Crippen molar-refractivity contribution in [3.63, 3.8) is 0 Å². The molecule has 27 heavy (non-hydrogen) atoms. The number of anilines is 1. The average molecular weight is 391 g/mol. The second-order valence-corrected chi connectivity index (χ2v) is 6.71. The molecule has 3 rings (SSSR count). The molecule has 1 fully saturated rings. The topological polar surface area (TPSA) is 87.7 Å². The van der Waals surface area contributed by atoms with Crippen molar-refractivity contribution in [2.75, 3.05) is 24.5 Å². The number of carbonyl (C=O) groups is 2. The predicted octanol–water partition coefficient (Wildman–Crippen LogP) is 2.45.